The van der Waals surface area contributed by atoms with Crippen LogP contribution in [0.4, 0.5) is 10.1 Å². The molecule has 2 heterocycles. The summed E-state index contributed by atoms with van der Waals surface area (Å²) in [6, 6.07) is 4.45. The van der Waals surface area contributed by atoms with E-state index in [1.165, 1.54) is 12.1 Å². The summed E-state index contributed by atoms with van der Waals surface area (Å²) in [5.74, 6) is -5.74. The van der Waals surface area contributed by atoms with Crippen LogP contribution in [0.5, 0.6) is 5.75 Å². The van der Waals surface area contributed by atoms with E-state index in [-0.39, 0.29) is 43.6 Å². The van der Waals surface area contributed by atoms with Gasteiger partial charge in [0.2, 0.25) is 11.8 Å². The Labute approximate surface area is 252 Å². The molecule has 0 spiro atoms. The summed E-state index contributed by atoms with van der Waals surface area (Å²) in [6.07, 6.45) is -6.58. The predicted molar refractivity (Wildman–Crippen MR) is 148 cm³/mol. The molecule has 2 saturated heterocycles. The van der Waals surface area contributed by atoms with Crippen LogP contribution in [0, 0.1) is 17.7 Å². The molecule has 1 aromatic carbocycles. The van der Waals surface area contributed by atoms with Gasteiger partial charge in [-0.15, -0.1) is 0 Å². The topological polar surface area (TPSA) is 226 Å². The maximum absolute atomic E-state index is 13.9. The van der Waals surface area contributed by atoms with Crippen molar-refractivity contribution in [2.24, 2.45) is 11.8 Å². The number of rotatable bonds is 10. The number of carboxylic acids is 2. The molecule has 4 rings (SSSR count). The fourth-order valence-electron chi connectivity index (χ4n) is 5.36. The van der Waals surface area contributed by atoms with Crippen molar-refractivity contribution < 1.29 is 63.7 Å². The third-order valence-corrected chi connectivity index (χ3v) is 7.62. The van der Waals surface area contributed by atoms with Crippen molar-refractivity contribution in [3.8, 4) is 5.75 Å². The minimum absolute atomic E-state index is 0.0334. The highest BCUT2D eigenvalue weighted by molar-refractivity contribution is 6.07. The second-order valence-electron chi connectivity index (χ2n) is 11.2. The first-order valence-corrected chi connectivity index (χ1v) is 14.1. The summed E-state index contributed by atoms with van der Waals surface area (Å²) in [6.45, 7) is 5.90. The molecule has 15 nitrogen and oxygen atoms in total. The lowest BCUT2D eigenvalue weighted by atomic mass is 9.78. The van der Waals surface area contributed by atoms with Gasteiger partial charge in [0, 0.05) is 32.2 Å². The van der Waals surface area contributed by atoms with Gasteiger partial charge in [0.15, 0.2) is 18.0 Å². The zero-order valence-corrected chi connectivity index (χ0v) is 24.3. The maximum Gasteiger partial charge on any atom is 0.335 e. The second kappa shape index (κ2) is 14.9. The number of carboxylic acid groups (broad SMARTS) is 2. The van der Waals surface area contributed by atoms with Crippen LogP contribution in [0.1, 0.15) is 26.7 Å². The summed E-state index contributed by atoms with van der Waals surface area (Å²) in [5, 5.41) is 52.2. The third-order valence-electron chi connectivity index (χ3n) is 7.62. The predicted octanol–water partition coefficient (Wildman–Crippen LogP) is -1.70. The van der Waals surface area contributed by atoms with Crippen molar-refractivity contribution in [1.82, 2.24) is 9.80 Å². The number of imide groups is 1. The SMILES string of the molecule is CC(C)Oc1ccc(F)cc1N1CCN(CC(=O)CN2C(=O)C3CC(O)C(O)CC3C2=O)CC1.O=C(O)C(O)C(O)C(=O)O. The highest BCUT2D eigenvalue weighted by Crippen LogP contribution is 2.38. The molecule has 244 valence electrons. The van der Waals surface area contributed by atoms with Crippen LogP contribution in [0.3, 0.4) is 0 Å². The maximum atomic E-state index is 13.9. The number of benzene rings is 1. The lowest BCUT2D eigenvalue weighted by Gasteiger charge is -2.36. The highest BCUT2D eigenvalue weighted by atomic mass is 19.1. The average molecular weight is 628 g/mol. The number of fused-ring (bicyclic) bond motifs is 1. The summed E-state index contributed by atoms with van der Waals surface area (Å²) in [5.41, 5.74) is 0.680. The largest absolute Gasteiger partial charge is 0.489 e. The molecule has 44 heavy (non-hydrogen) atoms. The molecule has 16 heteroatoms. The molecule has 0 bridgehead atoms. The first-order chi connectivity index (χ1) is 20.6. The Bertz CT molecular complexity index is 1190. The Hall–Kier alpha value is -3.70. The van der Waals surface area contributed by atoms with Gasteiger partial charge in [0.1, 0.15) is 11.6 Å². The quantitative estimate of drug-likeness (QED) is 0.159. The summed E-state index contributed by atoms with van der Waals surface area (Å²) < 4.78 is 19.7. The fraction of sp³-hybridized carbons (Fsp3) is 0.607. The van der Waals surface area contributed by atoms with Crippen LogP contribution in [-0.2, 0) is 24.0 Å². The third kappa shape index (κ3) is 8.47. The number of aliphatic carboxylic acids is 2. The summed E-state index contributed by atoms with van der Waals surface area (Å²) in [7, 11) is 0. The fourth-order valence-corrected chi connectivity index (χ4v) is 5.36. The number of ketones is 1. The van der Waals surface area contributed by atoms with Gasteiger partial charge in [-0.05, 0) is 38.8 Å². The minimum atomic E-state index is -2.27. The van der Waals surface area contributed by atoms with Crippen LogP contribution < -0.4 is 9.64 Å². The number of carbonyl (C=O) groups excluding carboxylic acids is 3. The Morgan fingerprint density at radius 3 is 1.84 bits per heavy atom. The van der Waals surface area contributed by atoms with Crippen LogP contribution in [-0.4, -0.2) is 140 Å². The van der Waals surface area contributed by atoms with Gasteiger partial charge < -0.3 is 40.3 Å². The monoisotopic (exact) mass is 627 g/mol. The van der Waals surface area contributed by atoms with Gasteiger partial charge in [-0.25, -0.2) is 14.0 Å². The Morgan fingerprint density at radius 2 is 1.39 bits per heavy atom. The highest BCUT2D eigenvalue weighted by Gasteiger charge is 2.52. The molecule has 3 fully saturated rings. The molecular weight excluding hydrogens is 589 g/mol. The molecule has 1 aromatic rings. The van der Waals surface area contributed by atoms with Crippen molar-refractivity contribution in [2.45, 2.75) is 57.2 Å². The van der Waals surface area contributed by atoms with Crippen molar-refractivity contribution in [1.29, 1.82) is 0 Å². The van der Waals surface area contributed by atoms with Crippen molar-refractivity contribution in [3.63, 3.8) is 0 Å². The minimum Gasteiger partial charge on any atom is -0.489 e. The molecule has 0 aromatic heterocycles. The number of hydrogen-bond donors (Lipinski definition) is 6. The van der Waals surface area contributed by atoms with Crippen molar-refractivity contribution >= 4 is 35.2 Å². The van der Waals surface area contributed by atoms with E-state index in [4.69, 9.17) is 25.2 Å². The number of piperazine rings is 1. The van der Waals surface area contributed by atoms with Gasteiger partial charge in [-0.1, -0.05) is 0 Å². The molecule has 6 unspecified atom stereocenters. The number of carbonyl (C=O) groups is 5. The number of halogens is 1. The van der Waals surface area contributed by atoms with E-state index in [9.17, 15) is 38.6 Å². The van der Waals surface area contributed by atoms with Gasteiger partial charge >= 0.3 is 11.9 Å². The lowest BCUT2D eigenvalue weighted by molar-refractivity contribution is -0.165. The van der Waals surface area contributed by atoms with Gasteiger partial charge in [-0.2, -0.15) is 0 Å². The van der Waals surface area contributed by atoms with Crippen LogP contribution >= 0.6 is 0 Å². The molecule has 2 amide bonds. The molecule has 1 aliphatic carbocycles. The number of aliphatic hydroxyl groups is 4. The number of anilines is 1. The zero-order chi connectivity index (χ0) is 32.9. The first kappa shape index (κ1) is 34.8. The van der Waals surface area contributed by atoms with Crippen LogP contribution in [0.25, 0.3) is 0 Å². The Kier molecular flexibility index (Phi) is 11.7. The van der Waals surface area contributed by atoms with Gasteiger partial charge in [-0.3, -0.25) is 24.2 Å². The Balaban J connectivity index is 0.000000456. The van der Waals surface area contributed by atoms with E-state index in [2.05, 4.69) is 0 Å². The number of aliphatic hydroxyl groups excluding tert-OH is 4. The smallest absolute Gasteiger partial charge is 0.335 e. The van der Waals surface area contributed by atoms with E-state index < -0.39 is 60.0 Å². The van der Waals surface area contributed by atoms with E-state index in [0.29, 0.717) is 37.6 Å². The lowest BCUT2D eigenvalue weighted by Crippen LogP contribution is -2.49. The number of Topliss-reactive ketones (excluding diaryl/α,β-unsaturated/α-hetero) is 1. The molecule has 1 saturated carbocycles. The molecule has 6 atom stereocenters. The van der Waals surface area contributed by atoms with Crippen molar-refractivity contribution in [3.05, 3.63) is 24.0 Å². The second-order valence-corrected chi connectivity index (χ2v) is 11.2. The van der Waals surface area contributed by atoms with E-state index in [1.54, 1.807) is 6.07 Å². The number of hydrogen-bond acceptors (Lipinski definition) is 12. The van der Waals surface area contributed by atoms with E-state index in [1.807, 2.05) is 23.6 Å². The van der Waals surface area contributed by atoms with Gasteiger partial charge in [0.25, 0.3) is 0 Å². The molecule has 0 radical (unpaired) electrons. The van der Waals surface area contributed by atoms with Crippen molar-refractivity contribution in [2.75, 3.05) is 44.2 Å². The zero-order valence-electron chi connectivity index (χ0n) is 24.3. The van der Waals surface area contributed by atoms with E-state index in [0.717, 1.165) is 4.90 Å². The summed E-state index contributed by atoms with van der Waals surface area (Å²) >= 11 is 0. The van der Waals surface area contributed by atoms with E-state index >= 15 is 0 Å². The number of ether oxygens (including phenoxy) is 1. The summed E-state index contributed by atoms with van der Waals surface area (Å²) in [4.78, 5) is 62.5. The molecule has 3 aliphatic rings. The molecular formula is C28H38FN3O12. The van der Waals surface area contributed by atoms with Crippen LogP contribution in [0.15, 0.2) is 18.2 Å². The standard InChI is InChI=1S/C24H32FN3O6.C4H6O6/c1-14(2)34-22-4-3-15(25)9-19(22)27-7-5-26(6-8-27)12-16(29)13-28-23(32)17-10-20(30)21(31)11-18(17)24(28)33;5-1(3(7)8)2(6)4(9)10/h3-4,9,14,17-18,20-21,30-31H,5-8,10-13H2,1-2H3;1-2,5-6H,(H,7,8)(H,9,10). The number of nitrogens with zero attached hydrogens (tertiary/aromatic N) is 3. The first-order valence-electron chi connectivity index (χ1n) is 14.1. The number of likely N-dealkylation sites (tertiary alicyclic amines) is 1. The number of amides is 2. The van der Waals surface area contributed by atoms with Crippen LogP contribution in [0.2, 0.25) is 0 Å². The molecule has 2 aliphatic heterocycles. The Morgan fingerprint density at radius 1 is 0.886 bits per heavy atom. The van der Waals surface area contributed by atoms with Gasteiger partial charge in [0.05, 0.1) is 48.9 Å². The average Bonchev–Trinajstić information content (AvgIpc) is 3.17. The normalized spacial score (nSPS) is 25.2. The molecule has 6 N–H and O–H groups in total.